The molecule has 0 spiro atoms. The summed E-state index contributed by atoms with van der Waals surface area (Å²) in [5.74, 6) is 0. The summed E-state index contributed by atoms with van der Waals surface area (Å²) in [4.78, 5) is 9.09. The highest BCUT2D eigenvalue weighted by Crippen LogP contribution is 2.46. The third-order valence-electron chi connectivity index (χ3n) is 8.77. The molecule has 0 N–H and O–H groups in total. The van der Waals surface area contributed by atoms with Crippen molar-refractivity contribution >= 4 is 32.3 Å². The Morgan fingerprint density at radius 1 is 0.318 bits per heavy atom. The summed E-state index contributed by atoms with van der Waals surface area (Å²) in [6.45, 7) is 4.05. The lowest BCUT2D eigenvalue weighted by Crippen LogP contribution is -1.93. The molecular weight excluding hydrogens is 532 g/mol. The Bertz CT molecular complexity index is 2260. The number of hydrogen-bond acceptors (Lipinski definition) is 2. The summed E-state index contributed by atoms with van der Waals surface area (Å²) < 4.78 is 0. The molecule has 0 aliphatic rings. The zero-order valence-corrected chi connectivity index (χ0v) is 24.8. The third kappa shape index (κ3) is 4.35. The van der Waals surface area contributed by atoms with Crippen LogP contribution in [0.15, 0.2) is 146 Å². The van der Waals surface area contributed by atoms with Crippen LogP contribution < -0.4 is 0 Å². The molecule has 0 aliphatic carbocycles. The molecule has 44 heavy (non-hydrogen) atoms. The molecule has 6 aromatic carbocycles. The molecule has 0 unspecified atom stereocenters. The van der Waals surface area contributed by atoms with Crippen LogP contribution in [-0.2, 0) is 0 Å². The number of fused-ring (bicyclic) bond motifs is 3. The maximum atomic E-state index is 4.59. The van der Waals surface area contributed by atoms with Crippen molar-refractivity contribution < 1.29 is 0 Å². The molecule has 2 nitrogen and oxygen atoms in total. The first-order valence-corrected chi connectivity index (χ1v) is 15.1. The van der Waals surface area contributed by atoms with E-state index in [0.29, 0.717) is 0 Å². The standard InChI is InChI=1S/C42H30N2/c1-27-15-17-31(25-43-27)29-19-21-30(22-20-29)41-36-11-5-7-13-38(36)42(39-14-8-6-12-37(39)41)40-24-23-33(32-18-16-28(2)44-26-32)34-9-3-4-10-35(34)40/h3-26H,1-2H3. The van der Waals surface area contributed by atoms with E-state index in [1.807, 2.05) is 26.2 Å². The zero-order chi connectivity index (χ0) is 29.6. The first kappa shape index (κ1) is 26.1. The van der Waals surface area contributed by atoms with Crippen molar-refractivity contribution in [3.8, 4) is 44.5 Å². The highest BCUT2D eigenvalue weighted by atomic mass is 14.7. The second-order valence-electron chi connectivity index (χ2n) is 11.5. The number of aromatic nitrogens is 2. The molecule has 0 aliphatic heterocycles. The maximum Gasteiger partial charge on any atom is 0.0373 e. The van der Waals surface area contributed by atoms with E-state index < -0.39 is 0 Å². The van der Waals surface area contributed by atoms with E-state index in [4.69, 9.17) is 0 Å². The molecular formula is C42H30N2. The smallest absolute Gasteiger partial charge is 0.0373 e. The fourth-order valence-corrected chi connectivity index (χ4v) is 6.59. The van der Waals surface area contributed by atoms with Gasteiger partial charge in [0.15, 0.2) is 0 Å². The minimum atomic E-state index is 1.02. The van der Waals surface area contributed by atoms with Gasteiger partial charge in [0.05, 0.1) is 0 Å². The van der Waals surface area contributed by atoms with Crippen LogP contribution >= 0.6 is 0 Å². The fraction of sp³-hybridized carbons (Fsp3) is 0.0476. The summed E-state index contributed by atoms with van der Waals surface area (Å²) in [7, 11) is 0. The Labute approximate surface area is 257 Å². The second-order valence-corrected chi connectivity index (χ2v) is 11.5. The third-order valence-corrected chi connectivity index (χ3v) is 8.77. The van der Waals surface area contributed by atoms with Crippen LogP contribution in [0.2, 0.25) is 0 Å². The van der Waals surface area contributed by atoms with Crippen LogP contribution in [0.3, 0.4) is 0 Å². The predicted molar refractivity (Wildman–Crippen MR) is 186 cm³/mol. The van der Waals surface area contributed by atoms with Gasteiger partial charge in [0.2, 0.25) is 0 Å². The van der Waals surface area contributed by atoms with Gasteiger partial charge < -0.3 is 0 Å². The molecule has 8 aromatic rings. The van der Waals surface area contributed by atoms with Gasteiger partial charge in [0.25, 0.3) is 0 Å². The minimum Gasteiger partial charge on any atom is -0.261 e. The Hall–Kier alpha value is -5.60. The van der Waals surface area contributed by atoms with Crippen LogP contribution in [-0.4, -0.2) is 9.97 Å². The van der Waals surface area contributed by atoms with Crippen molar-refractivity contribution in [2.24, 2.45) is 0 Å². The van der Waals surface area contributed by atoms with Crippen LogP contribution in [0.4, 0.5) is 0 Å². The molecule has 0 atom stereocenters. The number of aryl methyl sites for hydroxylation is 2. The quantitative estimate of drug-likeness (QED) is 0.199. The number of benzene rings is 6. The lowest BCUT2D eigenvalue weighted by atomic mass is 9.83. The van der Waals surface area contributed by atoms with Crippen molar-refractivity contribution in [2.75, 3.05) is 0 Å². The number of nitrogens with zero attached hydrogens (tertiary/aromatic N) is 2. The summed E-state index contributed by atoms with van der Waals surface area (Å²) in [6.07, 6.45) is 3.94. The number of pyridine rings is 2. The van der Waals surface area contributed by atoms with Gasteiger partial charge in [-0.1, -0.05) is 121 Å². The van der Waals surface area contributed by atoms with E-state index in [1.54, 1.807) is 0 Å². The van der Waals surface area contributed by atoms with E-state index in [1.165, 1.54) is 65.7 Å². The molecule has 2 heteroatoms. The minimum absolute atomic E-state index is 1.02. The molecule has 2 aromatic heterocycles. The van der Waals surface area contributed by atoms with E-state index in [2.05, 4.69) is 143 Å². The normalized spacial score (nSPS) is 11.4. The van der Waals surface area contributed by atoms with Crippen molar-refractivity contribution in [1.29, 1.82) is 0 Å². The van der Waals surface area contributed by atoms with Gasteiger partial charge >= 0.3 is 0 Å². The Balaban J connectivity index is 1.37. The van der Waals surface area contributed by atoms with Crippen molar-refractivity contribution in [2.45, 2.75) is 13.8 Å². The van der Waals surface area contributed by atoms with Crippen molar-refractivity contribution in [1.82, 2.24) is 9.97 Å². The average molecular weight is 563 g/mol. The monoisotopic (exact) mass is 562 g/mol. The Kier molecular flexibility index (Phi) is 6.27. The van der Waals surface area contributed by atoms with Crippen LogP contribution in [0.1, 0.15) is 11.4 Å². The molecule has 0 saturated carbocycles. The van der Waals surface area contributed by atoms with Gasteiger partial charge in [-0.25, -0.2) is 0 Å². The molecule has 8 rings (SSSR count). The van der Waals surface area contributed by atoms with E-state index >= 15 is 0 Å². The van der Waals surface area contributed by atoms with Crippen LogP contribution in [0, 0.1) is 13.8 Å². The predicted octanol–water partition coefficient (Wildman–Crippen LogP) is 11.2. The lowest BCUT2D eigenvalue weighted by molar-refractivity contribution is 1.20. The molecule has 0 bridgehead atoms. The molecule has 208 valence electrons. The molecule has 0 saturated heterocycles. The first-order valence-electron chi connectivity index (χ1n) is 15.1. The van der Waals surface area contributed by atoms with E-state index in [9.17, 15) is 0 Å². The van der Waals surface area contributed by atoms with Gasteiger partial charge in [-0.15, -0.1) is 0 Å². The summed E-state index contributed by atoms with van der Waals surface area (Å²) >= 11 is 0. The SMILES string of the molecule is Cc1ccc(-c2ccc(-c3c4ccccc4c(-c4ccc(-c5ccc(C)nc5)c5ccccc45)c4ccccc34)cc2)cn1. The first-order chi connectivity index (χ1) is 21.7. The zero-order valence-electron chi connectivity index (χ0n) is 24.8. The summed E-state index contributed by atoms with van der Waals surface area (Å²) in [5.41, 5.74) is 11.7. The Morgan fingerprint density at radius 2 is 0.727 bits per heavy atom. The van der Waals surface area contributed by atoms with Crippen LogP contribution in [0.5, 0.6) is 0 Å². The lowest BCUT2D eigenvalue weighted by Gasteiger charge is -2.20. The van der Waals surface area contributed by atoms with Gasteiger partial charge in [-0.2, -0.15) is 0 Å². The van der Waals surface area contributed by atoms with E-state index in [-0.39, 0.29) is 0 Å². The molecule has 0 radical (unpaired) electrons. The fourth-order valence-electron chi connectivity index (χ4n) is 6.59. The Morgan fingerprint density at radius 3 is 1.25 bits per heavy atom. The van der Waals surface area contributed by atoms with Gasteiger partial charge in [-0.05, 0) is 91.7 Å². The molecule has 0 fully saturated rings. The highest BCUT2D eigenvalue weighted by Gasteiger charge is 2.19. The van der Waals surface area contributed by atoms with E-state index in [0.717, 1.165) is 22.5 Å². The number of rotatable bonds is 4. The highest BCUT2D eigenvalue weighted by molar-refractivity contribution is 6.24. The van der Waals surface area contributed by atoms with Gasteiger partial charge in [0.1, 0.15) is 0 Å². The topological polar surface area (TPSA) is 25.8 Å². The van der Waals surface area contributed by atoms with Gasteiger partial charge in [0, 0.05) is 34.9 Å². The second kappa shape index (κ2) is 10.6. The summed E-state index contributed by atoms with van der Waals surface area (Å²) in [5, 5.41) is 7.48. The van der Waals surface area contributed by atoms with Gasteiger partial charge in [-0.3, -0.25) is 9.97 Å². The van der Waals surface area contributed by atoms with Crippen LogP contribution in [0.25, 0.3) is 76.8 Å². The molecule has 0 amide bonds. The van der Waals surface area contributed by atoms with Crippen molar-refractivity contribution in [3.63, 3.8) is 0 Å². The summed E-state index contributed by atoms with van der Waals surface area (Å²) in [6, 6.07) is 48.5. The molecule has 2 heterocycles. The van der Waals surface area contributed by atoms with Crippen molar-refractivity contribution in [3.05, 3.63) is 157 Å². The largest absolute Gasteiger partial charge is 0.261 e. The average Bonchev–Trinajstić information content (AvgIpc) is 3.08. The number of hydrogen-bond donors (Lipinski definition) is 0. The maximum absolute atomic E-state index is 4.59.